The lowest BCUT2D eigenvalue weighted by molar-refractivity contribution is -0.134. The van der Waals surface area contributed by atoms with Crippen LogP contribution in [0.1, 0.15) is 38.2 Å². The number of carbonyl (C=O) groups excluding carboxylic acids is 1. The predicted octanol–water partition coefficient (Wildman–Crippen LogP) is 2.61. The fourth-order valence-corrected chi connectivity index (χ4v) is 3.99. The maximum atomic E-state index is 12.8. The van der Waals surface area contributed by atoms with Crippen LogP contribution in [0.15, 0.2) is 30.3 Å². The van der Waals surface area contributed by atoms with Crippen molar-refractivity contribution in [1.29, 1.82) is 0 Å². The quantitative estimate of drug-likeness (QED) is 0.903. The van der Waals surface area contributed by atoms with Gasteiger partial charge in [0.1, 0.15) is 0 Å². The third kappa shape index (κ3) is 4.17. The molecule has 2 aliphatic heterocycles. The second-order valence-corrected chi connectivity index (χ2v) is 7.78. The molecule has 0 aliphatic carbocycles. The summed E-state index contributed by atoms with van der Waals surface area (Å²) in [6.07, 6.45) is 5.09. The molecule has 2 N–H and O–H groups in total. The summed E-state index contributed by atoms with van der Waals surface area (Å²) in [4.78, 5) is 14.8. The van der Waals surface area contributed by atoms with Gasteiger partial charge in [-0.15, -0.1) is 0 Å². The summed E-state index contributed by atoms with van der Waals surface area (Å²) in [7, 11) is 0. The van der Waals surface area contributed by atoms with Crippen LogP contribution in [0.25, 0.3) is 0 Å². The topological polar surface area (TPSA) is 55.6 Å². The molecule has 2 atom stereocenters. The fourth-order valence-electron chi connectivity index (χ4n) is 3.99. The zero-order valence-electron chi connectivity index (χ0n) is 14.7. The minimum Gasteiger partial charge on any atom is -0.381 e. The first kappa shape index (κ1) is 17.4. The molecule has 1 amide bonds. The molecule has 132 valence electrons. The summed E-state index contributed by atoms with van der Waals surface area (Å²) in [5, 5.41) is 0. The summed E-state index contributed by atoms with van der Waals surface area (Å²) >= 11 is 0. The Hall–Kier alpha value is -1.39. The third-order valence-electron chi connectivity index (χ3n) is 5.79. The minimum absolute atomic E-state index is 0.144. The van der Waals surface area contributed by atoms with E-state index in [9.17, 15) is 4.79 Å². The molecular weight excluding hydrogens is 300 g/mol. The summed E-state index contributed by atoms with van der Waals surface area (Å²) < 4.78 is 5.38. The lowest BCUT2D eigenvalue weighted by atomic mass is 9.83. The largest absolute Gasteiger partial charge is 0.381 e. The highest BCUT2D eigenvalue weighted by atomic mass is 16.5. The molecule has 3 rings (SSSR count). The number of amides is 1. The van der Waals surface area contributed by atoms with E-state index >= 15 is 0 Å². The van der Waals surface area contributed by atoms with E-state index in [1.807, 2.05) is 4.90 Å². The standard InChI is InChI=1S/C20H30N2O2/c1-20(10-7-16-5-3-2-4-6-16)11-12-22(15-20)19(23)18(21)17-8-13-24-14-9-17/h2-6,17-18H,7-15,21H2,1H3. The van der Waals surface area contributed by atoms with E-state index in [0.717, 1.165) is 58.4 Å². The van der Waals surface area contributed by atoms with Gasteiger partial charge in [-0.3, -0.25) is 4.79 Å². The molecule has 0 radical (unpaired) electrons. The van der Waals surface area contributed by atoms with Gasteiger partial charge >= 0.3 is 0 Å². The number of benzene rings is 1. The Morgan fingerprint density at radius 1 is 1.33 bits per heavy atom. The lowest BCUT2D eigenvalue weighted by Crippen LogP contribution is -2.48. The average molecular weight is 330 g/mol. The van der Waals surface area contributed by atoms with E-state index in [2.05, 4.69) is 37.3 Å². The maximum Gasteiger partial charge on any atom is 0.239 e. The molecule has 2 unspecified atom stereocenters. The molecule has 24 heavy (non-hydrogen) atoms. The molecule has 1 aromatic carbocycles. The Balaban J connectivity index is 1.52. The fraction of sp³-hybridized carbons (Fsp3) is 0.650. The zero-order chi connectivity index (χ0) is 17.0. The summed E-state index contributed by atoms with van der Waals surface area (Å²) in [6, 6.07) is 10.2. The third-order valence-corrected chi connectivity index (χ3v) is 5.79. The van der Waals surface area contributed by atoms with Crippen molar-refractivity contribution in [2.24, 2.45) is 17.1 Å². The Morgan fingerprint density at radius 3 is 2.75 bits per heavy atom. The van der Waals surface area contributed by atoms with Crippen LogP contribution in [0.2, 0.25) is 0 Å². The van der Waals surface area contributed by atoms with Gasteiger partial charge in [0.05, 0.1) is 6.04 Å². The number of rotatable bonds is 5. The van der Waals surface area contributed by atoms with Gasteiger partial charge in [0.15, 0.2) is 0 Å². The molecular formula is C20H30N2O2. The Kier molecular flexibility index (Phi) is 5.57. The van der Waals surface area contributed by atoms with Crippen LogP contribution in [0.3, 0.4) is 0 Å². The van der Waals surface area contributed by atoms with Crippen molar-refractivity contribution in [2.75, 3.05) is 26.3 Å². The van der Waals surface area contributed by atoms with Crippen molar-refractivity contribution in [3.05, 3.63) is 35.9 Å². The molecule has 1 aromatic rings. The van der Waals surface area contributed by atoms with Gasteiger partial charge in [-0.1, -0.05) is 37.3 Å². The smallest absolute Gasteiger partial charge is 0.239 e. The summed E-state index contributed by atoms with van der Waals surface area (Å²) in [5.41, 5.74) is 7.87. The van der Waals surface area contributed by atoms with Gasteiger partial charge in [-0.05, 0) is 49.0 Å². The number of nitrogens with zero attached hydrogens (tertiary/aromatic N) is 1. The Labute approximate surface area is 145 Å². The number of nitrogens with two attached hydrogens (primary N) is 1. The highest BCUT2D eigenvalue weighted by molar-refractivity contribution is 5.82. The molecule has 0 saturated carbocycles. The number of likely N-dealkylation sites (tertiary alicyclic amines) is 1. The molecule has 0 spiro atoms. The second kappa shape index (κ2) is 7.66. The van der Waals surface area contributed by atoms with Gasteiger partial charge in [0.2, 0.25) is 5.91 Å². The average Bonchev–Trinajstić information content (AvgIpc) is 3.03. The maximum absolute atomic E-state index is 12.8. The molecule has 2 saturated heterocycles. The first-order valence-electron chi connectivity index (χ1n) is 9.23. The van der Waals surface area contributed by atoms with E-state index in [0.29, 0.717) is 0 Å². The van der Waals surface area contributed by atoms with Crippen LogP contribution in [0, 0.1) is 11.3 Å². The lowest BCUT2D eigenvalue weighted by Gasteiger charge is -2.31. The Morgan fingerprint density at radius 2 is 2.04 bits per heavy atom. The monoisotopic (exact) mass is 330 g/mol. The van der Waals surface area contributed by atoms with Crippen LogP contribution in [0.4, 0.5) is 0 Å². The van der Waals surface area contributed by atoms with Gasteiger partial charge in [-0.2, -0.15) is 0 Å². The van der Waals surface area contributed by atoms with Gasteiger partial charge in [-0.25, -0.2) is 0 Å². The first-order chi connectivity index (χ1) is 11.6. The van der Waals surface area contributed by atoms with Crippen LogP contribution in [-0.4, -0.2) is 43.2 Å². The van der Waals surface area contributed by atoms with Crippen molar-refractivity contribution in [2.45, 2.75) is 45.1 Å². The number of hydrogen-bond donors (Lipinski definition) is 1. The Bertz CT molecular complexity index is 542. The van der Waals surface area contributed by atoms with Crippen molar-refractivity contribution < 1.29 is 9.53 Å². The predicted molar refractivity (Wildman–Crippen MR) is 95.6 cm³/mol. The van der Waals surface area contributed by atoms with Crippen LogP contribution in [0.5, 0.6) is 0 Å². The summed E-state index contributed by atoms with van der Waals surface area (Å²) in [5.74, 6) is 0.424. The SMILES string of the molecule is CC1(CCc2ccccc2)CCN(C(=O)C(N)C2CCOCC2)C1. The molecule has 4 heteroatoms. The normalized spacial score (nSPS) is 26.5. The second-order valence-electron chi connectivity index (χ2n) is 7.78. The highest BCUT2D eigenvalue weighted by Gasteiger charge is 2.38. The molecule has 2 aliphatic rings. The van der Waals surface area contributed by atoms with E-state index in [1.54, 1.807) is 0 Å². The van der Waals surface area contributed by atoms with Crippen molar-refractivity contribution in [3.63, 3.8) is 0 Å². The van der Waals surface area contributed by atoms with E-state index in [4.69, 9.17) is 10.5 Å². The molecule has 4 nitrogen and oxygen atoms in total. The van der Waals surface area contributed by atoms with Crippen LogP contribution < -0.4 is 5.73 Å². The van der Waals surface area contributed by atoms with E-state index in [-0.39, 0.29) is 23.3 Å². The first-order valence-corrected chi connectivity index (χ1v) is 9.23. The molecule has 2 fully saturated rings. The molecule has 2 heterocycles. The van der Waals surface area contributed by atoms with Gasteiger partial charge < -0.3 is 15.4 Å². The van der Waals surface area contributed by atoms with Gasteiger partial charge in [0, 0.05) is 26.3 Å². The number of carbonyl (C=O) groups is 1. The van der Waals surface area contributed by atoms with E-state index < -0.39 is 0 Å². The van der Waals surface area contributed by atoms with Crippen LogP contribution in [-0.2, 0) is 16.0 Å². The van der Waals surface area contributed by atoms with Crippen molar-refractivity contribution in [1.82, 2.24) is 4.90 Å². The molecule has 0 bridgehead atoms. The number of aryl methyl sites for hydroxylation is 1. The van der Waals surface area contributed by atoms with Crippen molar-refractivity contribution in [3.8, 4) is 0 Å². The minimum atomic E-state index is -0.356. The van der Waals surface area contributed by atoms with E-state index in [1.165, 1.54) is 5.56 Å². The number of ether oxygens (including phenoxy) is 1. The molecule has 0 aromatic heterocycles. The van der Waals surface area contributed by atoms with Crippen LogP contribution >= 0.6 is 0 Å². The zero-order valence-corrected chi connectivity index (χ0v) is 14.7. The highest BCUT2D eigenvalue weighted by Crippen LogP contribution is 2.35. The van der Waals surface area contributed by atoms with Crippen molar-refractivity contribution >= 4 is 5.91 Å². The summed E-state index contributed by atoms with van der Waals surface area (Å²) in [6.45, 7) is 5.47. The van der Waals surface area contributed by atoms with Gasteiger partial charge in [0.25, 0.3) is 0 Å². The number of hydrogen-bond acceptors (Lipinski definition) is 3.